The number of carbonyl (C=O) groups is 3. The van der Waals surface area contributed by atoms with Gasteiger partial charge < -0.3 is 9.47 Å². The number of ether oxygens (including phenoxy) is 2. The molecule has 202 valence electrons. The van der Waals surface area contributed by atoms with Crippen LogP contribution in [0.4, 0.5) is 61.5 Å². The minimum absolute atomic E-state index is 0.186. The third-order valence-corrected chi connectivity index (χ3v) is 3.73. The van der Waals surface area contributed by atoms with E-state index < -0.39 is 65.3 Å². The molecule has 0 N–H and O–H groups in total. The lowest BCUT2D eigenvalue weighted by molar-refractivity contribution is -0.347. The number of esters is 3. The van der Waals surface area contributed by atoms with Gasteiger partial charge in [0.05, 0.1) is 0 Å². The monoisotopic (exact) mass is 556 g/mol. The van der Waals surface area contributed by atoms with Crippen LogP contribution in [0.25, 0.3) is 6.08 Å². The van der Waals surface area contributed by atoms with Crippen LogP contribution in [-0.2, 0) is 19.1 Å². The molecule has 5 nitrogen and oxygen atoms in total. The van der Waals surface area contributed by atoms with E-state index in [1.807, 2.05) is 0 Å². The first-order valence-electron chi connectivity index (χ1n) is 8.31. The van der Waals surface area contributed by atoms with Crippen LogP contribution in [0, 0.1) is 0 Å². The van der Waals surface area contributed by atoms with Gasteiger partial charge in [-0.05, 0) is 12.1 Å². The zero-order valence-electron chi connectivity index (χ0n) is 16.3. The maximum Gasteiger partial charge on any atom is 0.460 e. The number of hydrogen-bond acceptors (Lipinski definition) is 5. The Kier molecular flexibility index (Phi) is 8.14. The van der Waals surface area contributed by atoms with Crippen molar-refractivity contribution in [2.24, 2.45) is 0 Å². The van der Waals surface area contributed by atoms with Gasteiger partial charge >= 0.3 is 54.0 Å². The standard InChI is InChI=1S/C17H6F14O5/c18-12(19,14(22,23)16(26,27)28)10(33)35-8-4-2-1-3-7(8)5-6-9(32)36-11(34)13(20,21)15(24,25)17(29,30)31/h1-6H/b6-5+. The van der Waals surface area contributed by atoms with Crippen LogP contribution in [0.3, 0.4) is 0 Å². The summed E-state index contributed by atoms with van der Waals surface area (Å²) in [4.78, 5) is 33.6. The third-order valence-electron chi connectivity index (χ3n) is 3.73. The van der Waals surface area contributed by atoms with E-state index in [2.05, 4.69) is 9.47 Å². The number of rotatable bonds is 7. The van der Waals surface area contributed by atoms with Gasteiger partial charge in [0.1, 0.15) is 5.75 Å². The van der Waals surface area contributed by atoms with E-state index in [4.69, 9.17) is 0 Å². The number of alkyl halides is 14. The zero-order chi connectivity index (χ0) is 28.5. The fraction of sp³-hybridized carbons (Fsp3) is 0.353. The highest BCUT2D eigenvalue weighted by Gasteiger charge is 2.78. The van der Waals surface area contributed by atoms with Crippen LogP contribution < -0.4 is 4.74 Å². The highest BCUT2D eigenvalue weighted by Crippen LogP contribution is 2.48. The maximum absolute atomic E-state index is 13.4. The topological polar surface area (TPSA) is 69.7 Å². The highest BCUT2D eigenvalue weighted by molar-refractivity contribution is 5.97. The Morgan fingerprint density at radius 1 is 0.639 bits per heavy atom. The smallest absolute Gasteiger partial charge is 0.421 e. The quantitative estimate of drug-likeness (QED) is 0.149. The van der Waals surface area contributed by atoms with Crippen LogP contribution in [0.2, 0.25) is 0 Å². The molecule has 36 heavy (non-hydrogen) atoms. The van der Waals surface area contributed by atoms with Crippen molar-refractivity contribution in [3.8, 4) is 5.75 Å². The lowest BCUT2D eigenvalue weighted by Crippen LogP contribution is -2.57. The number of hydrogen-bond donors (Lipinski definition) is 0. The molecular weight excluding hydrogens is 550 g/mol. The molecule has 0 atom stereocenters. The largest absolute Gasteiger partial charge is 0.460 e. The molecule has 0 saturated heterocycles. The van der Waals surface area contributed by atoms with E-state index in [0.29, 0.717) is 12.1 Å². The van der Waals surface area contributed by atoms with Gasteiger partial charge in [-0.3, -0.25) is 0 Å². The van der Waals surface area contributed by atoms with E-state index in [1.54, 1.807) is 0 Å². The van der Waals surface area contributed by atoms with E-state index in [9.17, 15) is 75.8 Å². The van der Waals surface area contributed by atoms with Gasteiger partial charge in [-0.25, -0.2) is 14.4 Å². The van der Waals surface area contributed by atoms with Crippen LogP contribution in [0.15, 0.2) is 30.3 Å². The SMILES string of the molecule is O=C(/C=C/c1ccccc1OC(=O)C(F)(F)C(F)(F)C(F)(F)F)OC(=O)C(F)(F)C(F)(F)C(F)(F)F. The van der Waals surface area contributed by atoms with Crippen molar-refractivity contribution in [3.05, 3.63) is 35.9 Å². The highest BCUT2D eigenvalue weighted by atomic mass is 19.4. The molecule has 0 spiro atoms. The fourth-order valence-electron chi connectivity index (χ4n) is 1.83. The van der Waals surface area contributed by atoms with Crippen molar-refractivity contribution in [2.75, 3.05) is 0 Å². The van der Waals surface area contributed by atoms with E-state index >= 15 is 0 Å². The molecule has 0 aromatic heterocycles. The van der Waals surface area contributed by atoms with Crippen LogP contribution >= 0.6 is 0 Å². The van der Waals surface area contributed by atoms with Crippen LogP contribution in [0.5, 0.6) is 5.75 Å². The Labute approximate surface area is 188 Å². The molecule has 0 saturated carbocycles. The molecule has 0 aliphatic rings. The summed E-state index contributed by atoms with van der Waals surface area (Å²) in [5.41, 5.74) is -0.839. The number of benzene rings is 1. The Bertz CT molecular complexity index is 1040. The summed E-state index contributed by atoms with van der Waals surface area (Å²) in [6.45, 7) is 0. The Morgan fingerprint density at radius 3 is 1.50 bits per heavy atom. The average Bonchev–Trinajstić information content (AvgIpc) is 2.70. The summed E-state index contributed by atoms with van der Waals surface area (Å²) in [5.74, 6) is -37.7. The molecule has 0 fully saturated rings. The zero-order valence-corrected chi connectivity index (χ0v) is 16.3. The summed E-state index contributed by atoms with van der Waals surface area (Å²) in [6, 6.07) is 2.89. The van der Waals surface area contributed by atoms with Crippen LogP contribution in [-0.4, -0.2) is 54.0 Å². The van der Waals surface area contributed by atoms with E-state index in [1.165, 1.54) is 0 Å². The summed E-state index contributed by atoms with van der Waals surface area (Å²) in [5, 5.41) is 0. The minimum atomic E-state index is -6.98. The minimum Gasteiger partial charge on any atom is -0.421 e. The normalized spacial score (nSPS) is 14.1. The van der Waals surface area contributed by atoms with Gasteiger partial charge in [0.15, 0.2) is 0 Å². The number of para-hydroxylation sites is 1. The lowest BCUT2D eigenvalue weighted by atomic mass is 10.1. The van der Waals surface area contributed by atoms with Gasteiger partial charge in [-0.2, -0.15) is 61.5 Å². The molecule has 0 radical (unpaired) electrons. The van der Waals surface area contributed by atoms with Gasteiger partial charge in [-0.15, -0.1) is 0 Å². The van der Waals surface area contributed by atoms with Gasteiger partial charge in [-0.1, -0.05) is 18.2 Å². The summed E-state index contributed by atoms with van der Waals surface area (Å²) in [7, 11) is 0. The predicted octanol–water partition coefficient (Wildman–Crippen LogP) is 5.34. The first-order valence-corrected chi connectivity index (χ1v) is 8.31. The van der Waals surface area contributed by atoms with Crippen molar-refractivity contribution in [1.29, 1.82) is 0 Å². The van der Waals surface area contributed by atoms with Gasteiger partial charge in [0.25, 0.3) is 0 Å². The maximum atomic E-state index is 13.4. The fourth-order valence-corrected chi connectivity index (χ4v) is 1.83. The molecule has 1 rings (SSSR count). The third kappa shape index (κ3) is 5.69. The van der Waals surface area contributed by atoms with Crippen LogP contribution in [0.1, 0.15) is 5.56 Å². The second-order valence-corrected chi connectivity index (χ2v) is 6.26. The molecule has 1 aromatic rings. The van der Waals surface area contributed by atoms with Crippen molar-refractivity contribution < 1.29 is 85.3 Å². The molecule has 0 heterocycles. The predicted molar refractivity (Wildman–Crippen MR) is 84.1 cm³/mol. The van der Waals surface area contributed by atoms with Gasteiger partial charge in [0.2, 0.25) is 0 Å². The second kappa shape index (κ2) is 9.57. The average molecular weight is 556 g/mol. The molecule has 0 bridgehead atoms. The molecular formula is C17H6F14O5. The van der Waals surface area contributed by atoms with Crippen molar-refractivity contribution >= 4 is 24.0 Å². The van der Waals surface area contributed by atoms with Gasteiger partial charge in [0, 0.05) is 11.6 Å². The first-order chi connectivity index (χ1) is 15.9. The first kappa shape index (κ1) is 30.6. The number of halogens is 14. The van der Waals surface area contributed by atoms with Crippen molar-refractivity contribution in [1.82, 2.24) is 0 Å². The number of carbonyl (C=O) groups excluding carboxylic acids is 3. The second-order valence-electron chi connectivity index (χ2n) is 6.26. The van der Waals surface area contributed by atoms with E-state index in [0.717, 1.165) is 12.1 Å². The Balaban J connectivity index is 3.11. The lowest BCUT2D eigenvalue weighted by Gasteiger charge is -2.26. The summed E-state index contributed by atoms with van der Waals surface area (Å²) >= 11 is 0. The molecule has 0 amide bonds. The van der Waals surface area contributed by atoms with Crippen molar-refractivity contribution in [3.63, 3.8) is 0 Å². The Morgan fingerprint density at radius 2 is 1.06 bits per heavy atom. The Hall–Kier alpha value is -3.41. The van der Waals surface area contributed by atoms with E-state index in [-0.39, 0.29) is 12.2 Å². The molecule has 0 aliphatic heterocycles. The molecule has 1 aromatic carbocycles. The van der Waals surface area contributed by atoms with Crippen molar-refractivity contribution in [2.45, 2.75) is 36.0 Å². The molecule has 0 unspecified atom stereocenters. The molecule has 0 aliphatic carbocycles. The summed E-state index contributed by atoms with van der Waals surface area (Å²) < 4.78 is 184. The molecule has 19 heteroatoms. The summed E-state index contributed by atoms with van der Waals surface area (Å²) in [6.07, 6.45) is -13.9.